The normalized spacial score (nSPS) is 13.9. The summed E-state index contributed by atoms with van der Waals surface area (Å²) in [5.74, 6) is -0.159. The van der Waals surface area contributed by atoms with Crippen molar-refractivity contribution in [1.82, 2.24) is 5.32 Å². The van der Waals surface area contributed by atoms with E-state index in [0.717, 1.165) is 38.5 Å². The quantitative estimate of drug-likeness (QED) is 0.0393. The largest absolute Gasteiger partial charge is 0.394 e. The van der Waals surface area contributed by atoms with Gasteiger partial charge in [-0.1, -0.05) is 167 Å². The van der Waals surface area contributed by atoms with E-state index >= 15 is 0 Å². The molecule has 0 fully saturated rings. The number of carbonyl (C=O) groups excluding carboxylic acids is 1. The maximum Gasteiger partial charge on any atom is 0.220 e. The number of rotatable bonds is 37. The average Bonchev–Trinajstić information content (AvgIpc) is 3.07. The maximum atomic E-state index is 12.4. The van der Waals surface area contributed by atoms with E-state index in [1.807, 2.05) is 0 Å². The molecule has 3 unspecified atom stereocenters. The lowest BCUT2D eigenvalue weighted by Crippen LogP contribution is -2.50. The van der Waals surface area contributed by atoms with Gasteiger partial charge in [0.25, 0.3) is 0 Å². The van der Waals surface area contributed by atoms with Crippen LogP contribution in [0.15, 0.2) is 24.3 Å². The molecular weight excluding hydrogens is 582 g/mol. The molecule has 0 radical (unpaired) electrons. The third-order valence-corrected chi connectivity index (χ3v) is 9.53. The highest BCUT2D eigenvalue weighted by Gasteiger charge is 2.26. The molecule has 0 bridgehead atoms. The van der Waals surface area contributed by atoms with Crippen molar-refractivity contribution in [3.8, 4) is 0 Å². The summed E-state index contributed by atoms with van der Waals surface area (Å²) in [6, 6.07) is -0.825. The Morgan fingerprint density at radius 2 is 0.851 bits per heavy atom. The summed E-state index contributed by atoms with van der Waals surface area (Å²) in [6.07, 6.45) is 44.3. The highest BCUT2D eigenvalue weighted by Crippen LogP contribution is 2.14. The van der Waals surface area contributed by atoms with Crippen LogP contribution >= 0.6 is 0 Å². The summed E-state index contributed by atoms with van der Waals surface area (Å²) in [4.78, 5) is 12.4. The molecule has 0 aliphatic rings. The first kappa shape index (κ1) is 45.8. The Bertz CT molecular complexity index is 694. The number of aliphatic hydroxyl groups excluding tert-OH is 3. The zero-order chi connectivity index (χ0) is 34.5. The van der Waals surface area contributed by atoms with E-state index < -0.39 is 18.2 Å². The van der Waals surface area contributed by atoms with Gasteiger partial charge in [-0.25, -0.2) is 0 Å². The van der Waals surface area contributed by atoms with Gasteiger partial charge in [-0.2, -0.15) is 0 Å². The van der Waals surface area contributed by atoms with Gasteiger partial charge < -0.3 is 20.6 Å². The molecule has 5 heteroatoms. The molecule has 0 saturated carbocycles. The van der Waals surface area contributed by atoms with Crippen molar-refractivity contribution in [3.63, 3.8) is 0 Å². The van der Waals surface area contributed by atoms with E-state index in [1.165, 1.54) is 148 Å². The molecule has 0 saturated heterocycles. The zero-order valence-corrected chi connectivity index (χ0v) is 31.4. The topological polar surface area (TPSA) is 89.8 Å². The van der Waals surface area contributed by atoms with Gasteiger partial charge in [-0.3, -0.25) is 4.79 Å². The molecule has 0 aromatic heterocycles. The molecule has 0 aliphatic carbocycles. The van der Waals surface area contributed by atoms with E-state index in [0.29, 0.717) is 12.8 Å². The van der Waals surface area contributed by atoms with Crippen LogP contribution in [0.5, 0.6) is 0 Å². The molecule has 4 N–H and O–H groups in total. The second-order valence-electron chi connectivity index (χ2n) is 14.2. The van der Waals surface area contributed by atoms with Gasteiger partial charge in [0.2, 0.25) is 5.91 Å². The Morgan fingerprint density at radius 3 is 1.23 bits per heavy atom. The second kappa shape index (κ2) is 37.6. The molecule has 47 heavy (non-hydrogen) atoms. The number of nitrogens with one attached hydrogen (secondary N) is 1. The van der Waals surface area contributed by atoms with Gasteiger partial charge in [0.1, 0.15) is 6.10 Å². The zero-order valence-electron chi connectivity index (χ0n) is 31.4. The number of carbonyl (C=O) groups is 1. The Balaban J connectivity index is 3.66. The fourth-order valence-corrected chi connectivity index (χ4v) is 6.27. The third-order valence-electron chi connectivity index (χ3n) is 9.53. The van der Waals surface area contributed by atoms with Gasteiger partial charge in [-0.15, -0.1) is 0 Å². The average molecular weight is 664 g/mol. The Kier molecular flexibility index (Phi) is 36.7. The number of aliphatic hydroxyl groups is 3. The molecular formula is C42H81NO4. The molecule has 3 atom stereocenters. The molecule has 5 nitrogen and oxygen atoms in total. The lowest BCUT2D eigenvalue weighted by Gasteiger charge is -2.26. The van der Waals surface area contributed by atoms with Crippen LogP contribution in [-0.4, -0.2) is 46.1 Å². The monoisotopic (exact) mass is 664 g/mol. The van der Waals surface area contributed by atoms with Gasteiger partial charge in [0.05, 0.1) is 18.8 Å². The van der Waals surface area contributed by atoms with Gasteiger partial charge >= 0.3 is 0 Å². The van der Waals surface area contributed by atoms with Crippen LogP contribution in [0.4, 0.5) is 0 Å². The minimum atomic E-state index is -1.16. The molecule has 0 aromatic rings. The Labute approximate surface area is 292 Å². The van der Waals surface area contributed by atoms with E-state index in [2.05, 4.69) is 43.5 Å². The first-order chi connectivity index (χ1) is 23.1. The maximum absolute atomic E-state index is 12.4. The second-order valence-corrected chi connectivity index (χ2v) is 14.2. The smallest absolute Gasteiger partial charge is 0.220 e. The predicted octanol–water partition coefficient (Wildman–Crippen LogP) is 11.4. The fourth-order valence-electron chi connectivity index (χ4n) is 6.27. The summed E-state index contributed by atoms with van der Waals surface area (Å²) >= 11 is 0. The van der Waals surface area contributed by atoms with Crippen LogP contribution in [0.1, 0.15) is 213 Å². The summed E-state index contributed by atoms with van der Waals surface area (Å²) in [6.45, 7) is 4.15. The van der Waals surface area contributed by atoms with Crippen molar-refractivity contribution >= 4 is 5.91 Å². The molecule has 0 heterocycles. The van der Waals surface area contributed by atoms with Crippen LogP contribution < -0.4 is 5.32 Å². The summed E-state index contributed by atoms with van der Waals surface area (Å²) in [5.41, 5.74) is 0. The highest BCUT2D eigenvalue weighted by molar-refractivity contribution is 5.76. The molecule has 0 aromatic carbocycles. The van der Waals surface area contributed by atoms with Crippen molar-refractivity contribution in [2.24, 2.45) is 0 Å². The van der Waals surface area contributed by atoms with E-state index in [9.17, 15) is 20.1 Å². The first-order valence-electron chi connectivity index (χ1n) is 20.6. The Hall–Kier alpha value is -1.17. The minimum absolute atomic E-state index is 0.159. The van der Waals surface area contributed by atoms with Crippen molar-refractivity contribution in [3.05, 3.63) is 24.3 Å². The number of allylic oxidation sites excluding steroid dienone is 4. The minimum Gasteiger partial charge on any atom is -0.394 e. The van der Waals surface area contributed by atoms with Gasteiger partial charge in [-0.05, 0) is 64.2 Å². The first-order valence-corrected chi connectivity index (χ1v) is 20.6. The van der Waals surface area contributed by atoms with Crippen LogP contribution in [-0.2, 0) is 4.79 Å². The standard InChI is InChI=1S/C42H81NO4/c1-3-5-7-9-11-13-15-17-18-19-20-21-22-23-24-25-27-29-31-33-35-37-41(46)43-39(38-44)42(47)40(45)36-34-32-30-28-26-16-14-12-10-8-6-4-2/h21-22,28,30,39-40,42,44-45,47H,3-20,23-27,29,31-38H2,1-2H3,(H,43,46)/b22-21-,30-28+. The van der Waals surface area contributed by atoms with Crippen molar-refractivity contribution < 1.29 is 20.1 Å². The van der Waals surface area contributed by atoms with E-state index in [1.54, 1.807) is 0 Å². The van der Waals surface area contributed by atoms with Crippen molar-refractivity contribution in [2.75, 3.05) is 6.61 Å². The molecule has 0 spiro atoms. The lowest BCUT2D eigenvalue weighted by molar-refractivity contribution is -0.124. The number of hydrogen-bond donors (Lipinski definition) is 4. The van der Waals surface area contributed by atoms with Crippen LogP contribution in [0.3, 0.4) is 0 Å². The van der Waals surface area contributed by atoms with E-state index in [-0.39, 0.29) is 12.5 Å². The summed E-state index contributed by atoms with van der Waals surface area (Å²) < 4.78 is 0. The molecule has 278 valence electrons. The number of unbranched alkanes of at least 4 members (excludes halogenated alkanes) is 25. The highest BCUT2D eigenvalue weighted by atomic mass is 16.3. The summed E-state index contributed by atoms with van der Waals surface area (Å²) in [5, 5.41) is 33.4. The molecule has 0 rings (SSSR count). The van der Waals surface area contributed by atoms with Crippen LogP contribution in [0.25, 0.3) is 0 Å². The van der Waals surface area contributed by atoms with Crippen LogP contribution in [0.2, 0.25) is 0 Å². The fraction of sp³-hybridized carbons (Fsp3) is 0.881. The third kappa shape index (κ3) is 33.1. The van der Waals surface area contributed by atoms with Gasteiger partial charge in [0.15, 0.2) is 0 Å². The predicted molar refractivity (Wildman–Crippen MR) is 204 cm³/mol. The summed E-state index contributed by atoms with van der Waals surface area (Å²) in [7, 11) is 0. The van der Waals surface area contributed by atoms with Crippen molar-refractivity contribution in [2.45, 2.75) is 231 Å². The lowest BCUT2D eigenvalue weighted by atomic mass is 10.0. The Morgan fingerprint density at radius 1 is 0.511 bits per heavy atom. The number of hydrogen-bond acceptors (Lipinski definition) is 4. The SMILES string of the molecule is CCCCCCCCC/C=C/CCCC(O)C(O)C(CO)NC(=O)CCCCCCCCC/C=C\CCCCCCCCCCCC. The molecule has 1 amide bonds. The van der Waals surface area contributed by atoms with E-state index in [4.69, 9.17) is 0 Å². The molecule has 0 aliphatic heterocycles. The van der Waals surface area contributed by atoms with Gasteiger partial charge in [0, 0.05) is 6.42 Å². The number of amides is 1. The van der Waals surface area contributed by atoms with Crippen molar-refractivity contribution in [1.29, 1.82) is 0 Å². The van der Waals surface area contributed by atoms with Crippen LogP contribution in [0, 0.1) is 0 Å².